The quantitative estimate of drug-likeness (QED) is 0.845. The lowest BCUT2D eigenvalue weighted by molar-refractivity contribution is -0.125. The maximum Gasteiger partial charge on any atom is 0.223 e. The van der Waals surface area contributed by atoms with Gasteiger partial charge in [-0.3, -0.25) is 4.79 Å². The summed E-state index contributed by atoms with van der Waals surface area (Å²) in [5.74, 6) is 0.537. The molecule has 0 saturated carbocycles. The maximum atomic E-state index is 12.3. The largest absolute Gasteiger partial charge is 0.394 e. The zero-order valence-electron chi connectivity index (χ0n) is 14.0. The van der Waals surface area contributed by atoms with Crippen molar-refractivity contribution in [1.29, 1.82) is 0 Å². The molecule has 120 valence electrons. The minimum absolute atomic E-state index is 0.0406. The summed E-state index contributed by atoms with van der Waals surface area (Å²) in [5.41, 5.74) is 1.89. The van der Waals surface area contributed by atoms with Gasteiger partial charge < -0.3 is 14.9 Å². The van der Waals surface area contributed by atoms with Gasteiger partial charge in [-0.05, 0) is 32.1 Å². The van der Waals surface area contributed by atoms with E-state index in [1.807, 2.05) is 20.8 Å². The van der Waals surface area contributed by atoms with Crippen LogP contribution in [0.15, 0.2) is 4.52 Å². The average molecular weight is 296 g/mol. The number of hydrogen-bond acceptors (Lipinski definition) is 4. The third kappa shape index (κ3) is 5.50. The highest BCUT2D eigenvalue weighted by Gasteiger charge is 2.23. The Balaban J connectivity index is 2.62. The van der Waals surface area contributed by atoms with Gasteiger partial charge in [-0.25, -0.2) is 0 Å². The van der Waals surface area contributed by atoms with E-state index in [1.54, 1.807) is 0 Å². The maximum absolute atomic E-state index is 12.3. The Bertz CT molecular complexity index is 455. The van der Waals surface area contributed by atoms with E-state index in [0.29, 0.717) is 6.42 Å². The van der Waals surface area contributed by atoms with E-state index in [4.69, 9.17) is 4.52 Å². The van der Waals surface area contributed by atoms with Crippen LogP contribution in [-0.4, -0.2) is 28.8 Å². The van der Waals surface area contributed by atoms with Gasteiger partial charge >= 0.3 is 0 Å². The number of rotatable bonds is 6. The Hall–Kier alpha value is -1.36. The molecule has 0 aliphatic rings. The zero-order valence-corrected chi connectivity index (χ0v) is 14.0. The molecule has 0 saturated heterocycles. The first-order valence-electron chi connectivity index (χ1n) is 7.47. The Labute approximate surface area is 127 Å². The molecule has 21 heavy (non-hydrogen) atoms. The molecule has 1 aromatic heterocycles. The zero-order chi connectivity index (χ0) is 16.2. The molecule has 0 bridgehead atoms. The van der Waals surface area contributed by atoms with Crippen LogP contribution in [0.4, 0.5) is 0 Å². The van der Waals surface area contributed by atoms with Crippen molar-refractivity contribution in [3.8, 4) is 0 Å². The summed E-state index contributed by atoms with van der Waals surface area (Å²) >= 11 is 0. The average Bonchev–Trinajstić information content (AvgIpc) is 2.67. The SMILES string of the molecule is Cc1noc(C)c1CC(C)C(=O)NC(CO)CC(C)(C)C. The van der Waals surface area contributed by atoms with Crippen molar-refractivity contribution in [3.05, 3.63) is 17.0 Å². The number of aliphatic hydroxyl groups is 1. The molecule has 0 aliphatic carbocycles. The Morgan fingerprint density at radius 1 is 1.38 bits per heavy atom. The van der Waals surface area contributed by atoms with Crippen LogP contribution in [0.25, 0.3) is 0 Å². The lowest BCUT2D eigenvalue weighted by Crippen LogP contribution is -2.42. The van der Waals surface area contributed by atoms with Gasteiger partial charge in [0.05, 0.1) is 18.3 Å². The van der Waals surface area contributed by atoms with E-state index in [9.17, 15) is 9.90 Å². The standard InChI is InChI=1S/C16H28N2O3/c1-10(7-14-11(2)18-21-12(14)3)15(20)17-13(9-19)8-16(4,5)6/h10,13,19H,7-9H2,1-6H3,(H,17,20). The van der Waals surface area contributed by atoms with Crippen molar-refractivity contribution >= 4 is 5.91 Å². The summed E-state index contributed by atoms with van der Waals surface area (Å²) in [5, 5.41) is 16.3. The van der Waals surface area contributed by atoms with Crippen molar-refractivity contribution in [3.63, 3.8) is 0 Å². The molecule has 2 atom stereocenters. The molecule has 1 heterocycles. The van der Waals surface area contributed by atoms with Crippen LogP contribution in [-0.2, 0) is 11.2 Å². The number of nitrogens with zero attached hydrogens (tertiary/aromatic N) is 1. The second-order valence-corrected chi connectivity index (χ2v) is 7.06. The van der Waals surface area contributed by atoms with Crippen molar-refractivity contribution in [2.45, 2.75) is 60.4 Å². The number of aromatic nitrogens is 1. The molecule has 1 aromatic rings. The second-order valence-electron chi connectivity index (χ2n) is 7.06. The fourth-order valence-corrected chi connectivity index (χ4v) is 2.44. The number of aryl methyl sites for hydroxylation is 2. The first-order valence-corrected chi connectivity index (χ1v) is 7.47. The van der Waals surface area contributed by atoms with Crippen LogP contribution < -0.4 is 5.32 Å². The highest BCUT2D eigenvalue weighted by Crippen LogP contribution is 2.21. The molecular weight excluding hydrogens is 268 g/mol. The van der Waals surface area contributed by atoms with E-state index in [-0.39, 0.29) is 29.9 Å². The molecule has 1 rings (SSSR count). The molecule has 0 aromatic carbocycles. The predicted octanol–water partition coefficient (Wildman–Crippen LogP) is 2.38. The summed E-state index contributed by atoms with van der Waals surface area (Å²) in [6, 6.07) is -0.204. The minimum Gasteiger partial charge on any atom is -0.394 e. The summed E-state index contributed by atoms with van der Waals surface area (Å²) in [6.45, 7) is 11.9. The third-order valence-electron chi connectivity index (χ3n) is 3.56. The van der Waals surface area contributed by atoms with Crippen LogP contribution >= 0.6 is 0 Å². The molecule has 5 heteroatoms. The first kappa shape index (κ1) is 17.7. The van der Waals surface area contributed by atoms with Gasteiger partial charge in [-0.15, -0.1) is 0 Å². The number of carbonyl (C=O) groups is 1. The van der Waals surface area contributed by atoms with Crippen molar-refractivity contribution in [1.82, 2.24) is 10.5 Å². The Kier molecular flexibility index (Phi) is 5.96. The smallest absolute Gasteiger partial charge is 0.223 e. The summed E-state index contributed by atoms with van der Waals surface area (Å²) in [6.07, 6.45) is 1.34. The van der Waals surface area contributed by atoms with Gasteiger partial charge in [-0.2, -0.15) is 0 Å². The lowest BCUT2D eigenvalue weighted by atomic mass is 9.88. The summed E-state index contributed by atoms with van der Waals surface area (Å²) < 4.78 is 5.12. The van der Waals surface area contributed by atoms with E-state index < -0.39 is 0 Å². The third-order valence-corrected chi connectivity index (χ3v) is 3.56. The van der Waals surface area contributed by atoms with Gasteiger partial charge in [0.15, 0.2) is 0 Å². The van der Waals surface area contributed by atoms with Gasteiger partial charge in [-0.1, -0.05) is 32.9 Å². The second kappa shape index (κ2) is 7.07. The van der Waals surface area contributed by atoms with Crippen LogP contribution in [0.1, 0.15) is 51.1 Å². The number of aliphatic hydroxyl groups excluding tert-OH is 1. The molecule has 0 radical (unpaired) electrons. The van der Waals surface area contributed by atoms with E-state index in [1.165, 1.54) is 0 Å². The van der Waals surface area contributed by atoms with Gasteiger partial charge in [0, 0.05) is 11.5 Å². The normalized spacial score (nSPS) is 14.8. The van der Waals surface area contributed by atoms with Crippen LogP contribution in [0.2, 0.25) is 0 Å². The molecule has 0 aliphatic heterocycles. The van der Waals surface area contributed by atoms with E-state index >= 15 is 0 Å². The fourth-order valence-electron chi connectivity index (χ4n) is 2.44. The molecule has 0 spiro atoms. The molecule has 1 amide bonds. The molecule has 2 unspecified atom stereocenters. The summed E-state index contributed by atoms with van der Waals surface area (Å²) in [4.78, 5) is 12.3. The highest BCUT2D eigenvalue weighted by molar-refractivity contribution is 5.79. The van der Waals surface area contributed by atoms with Crippen LogP contribution in [0.5, 0.6) is 0 Å². The lowest BCUT2D eigenvalue weighted by Gasteiger charge is -2.26. The van der Waals surface area contributed by atoms with Gasteiger partial charge in [0.2, 0.25) is 5.91 Å². The molecule has 2 N–H and O–H groups in total. The van der Waals surface area contributed by atoms with Gasteiger partial charge in [0.1, 0.15) is 5.76 Å². The van der Waals surface area contributed by atoms with Crippen molar-refractivity contribution in [2.75, 3.05) is 6.61 Å². The van der Waals surface area contributed by atoms with Crippen LogP contribution in [0.3, 0.4) is 0 Å². The van der Waals surface area contributed by atoms with E-state index in [2.05, 4.69) is 31.2 Å². The van der Waals surface area contributed by atoms with Crippen LogP contribution in [0, 0.1) is 25.2 Å². The van der Waals surface area contributed by atoms with Crippen molar-refractivity contribution in [2.24, 2.45) is 11.3 Å². The number of carbonyl (C=O) groups excluding carboxylic acids is 1. The van der Waals surface area contributed by atoms with E-state index in [0.717, 1.165) is 23.4 Å². The highest BCUT2D eigenvalue weighted by atomic mass is 16.5. The fraction of sp³-hybridized carbons (Fsp3) is 0.750. The molecule has 5 nitrogen and oxygen atoms in total. The topological polar surface area (TPSA) is 75.4 Å². The van der Waals surface area contributed by atoms with Gasteiger partial charge in [0.25, 0.3) is 0 Å². The Morgan fingerprint density at radius 3 is 2.43 bits per heavy atom. The summed E-state index contributed by atoms with van der Waals surface area (Å²) in [7, 11) is 0. The predicted molar refractivity (Wildman–Crippen MR) is 81.9 cm³/mol. The molecule has 0 fully saturated rings. The van der Waals surface area contributed by atoms with Crippen molar-refractivity contribution < 1.29 is 14.4 Å². The Morgan fingerprint density at radius 2 is 2.00 bits per heavy atom. The monoisotopic (exact) mass is 296 g/mol. The number of nitrogens with one attached hydrogen (secondary N) is 1. The minimum atomic E-state index is -0.204. The molecular formula is C16H28N2O3. The number of hydrogen-bond donors (Lipinski definition) is 2. The first-order chi connectivity index (χ1) is 9.64. The number of amides is 1.